The van der Waals surface area contributed by atoms with Crippen LogP contribution in [0.5, 0.6) is 0 Å². The molecule has 1 aromatic heterocycles. The summed E-state index contributed by atoms with van der Waals surface area (Å²) in [7, 11) is 0. The molecule has 0 bridgehead atoms. The van der Waals surface area contributed by atoms with Crippen LogP contribution in [0.3, 0.4) is 0 Å². The first-order valence-corrected chi connectivity index (χ1v) is 3.62. The first kappa shape index (κ1) is 9.98. The molecular formula is C8H8F3NO. The molecule has 1 N–H and O–H groups in total. The second-order valence-electron chi connectivity index (χ2n) is 2.64. The molecule has 1 aromatic rings. The fourth-order valence-corrected chi connectivity index (χ4v) is 0.853. The van der Waals surface area contributed by atoms with Crippen molar-refractivity contribution in [3.8, 4) is 0 Å². The molecule has 1 atom stereocenters. The lowest BCUT2D eigenvalue weighted by molar-refractivity contribution is -0.137. The number of aliphatic hydroxyl groups is 1. The van der Waals surface area contributed by atoms with Gasteiger partial charge in [-0.2, -0.15) is 13.2 Å². The third kappa shape index (κ3) is 2.42. The van der Waals surface area contributed by atoms with Gasteiger partial charge in [-0.15, -0.1) is 0 Å². The Morgan fingerprint density at radius 3 is 2.54 bits per heavy atom. The van der Waals surface area contributed by atoms with E-state index in [9.17, 15) is 13.2 Å². The third-order valence-corrected chi connectivity index (χ3v) is 1.54. The highest BCUT2D eigenvalue weighted by Gasteiger charge is 2.30. The fourth-order valence-electron chi connectivity index (χ4n) is 0.853. The summed E-state index contributed by atoms with van der Waals surface area (Å²) < 4.78 is 36.4. The lowest BCUT2D eigenvalue weighted by atomic mass is 10.2. The number of halogens is 3. The standard InChI is InChI=1S/C8H8F3NO/c1-5(13)7-4-6(2-3-12-7)8(9,10)11/h2-5,13H,1H3. The summed E-state index contributed by atoms with van der Waals surface area (Å²) in [6.07, 6.45) is -4.33. The van der Waals surface area contributed by atoms with Gasteiger partial charge in [-0.05, 0) is 19.1 Å². The average molecular weight is 191 g/mol. The average Bonchev–Trinajstić information content (AvgIpc) is 2.03. The van der Waals surface area contributed by atoms with Crippen LogP contribution >= 0.6 is 0 Å². The van der Waals surface area contributed by atoms with Crippen LogP contribution in [0.2, 0.25) is 0 Å². The van der Waals surface area contributed by atoms with Crippen molar-refractivity contribution >= 4 is 0 Å². The Kier molecular flexibility index (Phi) is 2.56. The summed E-state index contributed by atoms with van der Waals surface area (Å²) >= 11 is 0. The normalized spacial score (nSPS) is 14.2. The molecule has 0 saturated heterocycles. The van der Waals surface area contributed by atoms with E-state index in [-0.39, 0.29) is 5.69 Å². The number of aromatic nitrogens is 1. The molecule has 1 heterocycles. The number of rotatable bonds is 1. The van der Waals surface area contributed by atoms with Crippen LogP contribution in [0.25, 0.3) is 0 Å². The maximum absolute atomic E-state index is 12.1. The highest BCUT2D eigenvalue weighted by atomic mass is 19.4. The first-order valence-electron chi connectivity index (χ1n) is 3.62. The molecule has 0 fully saturated rings. The van der Waals surface area contributed by atoms with Crippen LogP contribution in [-0.2, 0) is 6.18 Å². The SMILES string of the molecule is CC(O)c1cc(C(F)(F)F)ccn1. The van der Waals surface area contributed by atoms with E-state index >= 15 is 0 Å². The zero-order valence-corrected chi connectivity index (χ0v) is 6.84. The Bertz CT molecular complexity index is 296. The number of pyridine rings is 1. The van der Waals surface area contributed by atoms with Crippen LogP contribution in [-0.4, -0.2) is 10.1 Å². The van der Waals surface area contributed by atoms with Gasteiger partial charge in [0.2, 0.25) is 0 Å². The van der Waals surface area contributed by atoms with Gasteiger partial charge in [0.25, 0.3) is 0 Å². The number of alkyl halides is 3. The molecule has 0 aromatic carbocycles. The van der Waals surface area contributed by atoms with Crippen molar-refractivity contribution in [1.29, 1.82) is 0 Å². The van der Waals surface area contributed by atoms with Crippen molar-refractivity contribution in [2.24, 2.45) is 0 Å². The molecule has 5 heteroatoms. The van der Waals surface area contributed by atoms with Gasteiger partial charge in [0.05, 0.1) is 17.4 Å². The Morgan fingerprint density at radius 1 is 1.46 bits per heavy atom. The second-order valence-corrected chi connectivity index (χ2v) is 2.64. The molecule has 0 aliphatic heterocycles. The van der Waals surface area contributed by atoms with Gasteiger partial charge in [0.1, 0.15) is 0 Å². The zero-order valence-electron chi connectivity index (χ0n) is 6.84. The second kappa shape index (κ2) is 3.33. The monoisotopic (exact) mass is 191 g/mol. The molecule has 0 saturated carbocycles. The third-order valence-electron chi connectivity index (χ3n) is 1.54. The summed E-state index contributed by atoms with van der Waals surface area (Å²) in [6.45, 7) is 1.36. The van der Waals surface area contributed by atoms with Crippen LogP contribution in [0.15, 0.2) is 18.3 Å². The van der Waals surface area contributed by atoms with Gasteiger partial charge in [-0.1, -0.05) is 0 Å². The molecule has 0 aliphatic carbocycles. The number of nitrogens with zero attached hydrogens (tertiary/aromatic N) is 1. The van der Waals surface area contributed by atoms with E-state index < -0.39 is 17.8 Å². The summed E-state index contributed by atoms with van der Waals surface area (Å²) in [5.41, 5.74) is -0.770. The number of hydrogen-bond acceptors (Lipinski definition) is 2. The summed E-state index contributed by atoms with van der Waals surface area (Å²) in [6, 6.07) is 1.70. The lowest BCUT2D eigenvalue weighted by Crippen LogP contribution is -2.07. The molecule has 1 unspecified atom stereocenters. The van der Waals surface area contributed by atoms with Crippen molar-refractivity contribution in [2.75, 3.05) is 0 Å². The van der Waals surface area contributed by atoms with Crippen molar-refractivity contribution in [1.82, 2.24) is 4.98 Å². The highest BCUT2D eigenvalue weighted by Crippen LogP contribution is 2.29. The van der Waals surface area contributed by atoms with E-state index in [0.717, 1.165) is 18.3 Å². The van der Waals surface area contributed by atoms with E-state index in [1.807, 2.05) is 0 Å². The molecular weight excluding hydrogens is 183 g/mol. The molecule has 13 heavy (non-hydrogen) atoms. The van der Waals surface area contributed by atoms with Gasteiger partial charge < -0.3 is 5.11 Å². The topological polar surface area (TPSA) is 33.1 Å². The van der Waals surface area contributed by atoms with E-state index in [2.05, 4.69) is 4.98 Å². The minimum Gasteiger partial charge on any atom is -0.387 e. The molecule has 0 aliphatic rings. The van der Waals surface area contributed by atoms with E-state index in [1.54, 1.807) is 0 Å². The van der Waals surface area contributed by atoms with E-state index in [1.165, 1.54) is 6.92 Å². The van der Waals surface area contributed by atoms with Crippen molar-refractivity contribution in [3.05, 3.63) is 29.6 Å². The predicted molar refractivity (Wildman–Crippen MR) is 39.9 cm³/mol. The van der Waals surface area contributed by atoms with E-state index in [0.29, 0.717) is 0 Å². The summed E-state index contributed by atoms with van der Waals surface area (Å²) in [5, 5.41) is 8.98. The zero-order chi connectivity index (χ0) is 10.1. The largest absolute Gasteiger partial charge is 0.416 e. The molecule has 0 amide bonds. The van der Waals surface area contributed by atoms with Gasteiger partial charge in [0, 0.05) is 6.20 Å². The Balaban J connectivity index is 3.06. The fraction of sp³-hybridized carbons (Fsp3) is 0.375. The molecule has 0 radical (unpaired) electrons. The molecule has 72 valence electrons. The Labute approximate surface area is 73.0 Å². The first-order chi connectivity index (χ1) is 5.91. The predicted octanol–water partition coefficient (Wildman–Crippen LogP) is 2.15. The van der Waals surface area contributed by atoms with Crippen LogP contribution in [0.1, 0.15) is 24.3 Å². The van der Waals surface area contributed by atoms with Crippen molar-refractivity contribution in [3.63, 3.8) is 0 Å². The van der Waals surface area contributed by atoms with Crippen molar-refractivity contribution in [2.45, 2.75) is 19.2 Å². The van der Waals surface area contributed by atoms with Crippen LogP contribution < -0.4 is 0 Å². The minimum absolute atomic E-state index is 0.0230. The van der Waals surface area contributed by atoms with Crippen molar-refractivity contribution < 1.29 is 18.3 Å². The molecule has 0 spiro atoms. The maximum atomic E-state index is 12.1. The quantitative estimate of drug-likeness (QED) is 0.737. The highest BCUT2D eigenvalue weighted by molar-refractivity contribution is 5.20. The Morgan fingerprint density at radius 2 is 2.08 bits per heavy atom. The van der Waals surface area contributed by atoms with E-state index in [4.69, 9.17) is 5.11 Å². The van der Waals surface area contributed by atoms with Gasteiger partial charge >= 0.3 is 6.18 Å². The summed E-state index contributed by atoms with van der Waals surface area (Å²) in [4.78, 5) is 3.60. The maximum Gasteiger partial charge on any atom is 0.416 e. The smallest absolute Gasteiger partial charge is 0.387 e. The van der Waals surface area contributed by atoms with Crippen LogP contribution in [0, 0.1) is 0 Å². The minimum atomic E-state index is -4.38. The Hall–Kier alpha value is -1.10. The van der Waals surface area contributed by atoms with Crippen LogP contribution in [0.4, 0.5) is 13.2 Å². The molecule has 1 rings (SSSR count). The van der Waals surface area contributed by atoms with Gasteiger partial charge in [-0.25, -0.2) is 0 Å². The van der Waals surface area contributed by atoms with Gasteiger partial charge in [0.15, 0.2) is 0 Å². The number of aliphatic hydroxyl groups excluding tert-OH is 1. The number of hydrogen-bond donors (Lipinski definition) is 1. The molecule has 2 nitrogen and oxygen atoms in total. The van der Waals surface area contributed by atoms with Gasteiger partial charge in [-0.3, -0.25) is 4.98 Å². The summed E-state index contributed by atoms with van der Waals surface area (Å²) in [5.74, 6) is 0. The lowest BCUT2D eigenvalue weighted by Gasteiger charge is -2.08.